The van der Waals surface area contributed by atoms with Crippen molar-refractivity contribution in [1.29, 1.82) is 0 Å². The van der Waals surface area contributed by atoms with E-state index < -0.39 is 23.9 Å². The van der Waals surface area contributed by atoms with Gasteiger partial charge in [-0.3, -0.25) is 4.79 Å². The molecule has 0 atom stereocenters. The van der Waals surface area contributed by atoms with Crippen molar-refractivity contribution in [3.63, 3.8) is 0 Å². The first kappa shape index (κ1) is 31.7. The molecule has 0 amide bonds. The first-order valence-corrected chi connectivity index (χ1v) is 12.6. The molecule has 4 nitrogen and oxygen atoms in total. The number of hydrogen-bond acceptors (Lipinski definition) is 4. The van der Waals surface area contributed by atoms with E-state index in [1.165, 1.54) is 43.5 Å². The molecular weight excluding hydrogens is 481 g/mol. The molecule has 37 heavy (non-hydrogen) atoms. The van der Waals surface area contributed by atoms with E-state index in [1.54, 1.807) is 6.08 Å². The normalized spacial score (nSPS) is 12.8. The monoisotopic (exact) mass is 518 g/mol. The molecule has 0 aliphatic heterocycles. The summed E-state index contributed by atoms with van der Waals surface area (Å²) in [5.41, 5.74) is -0.270. The summed E-state index contributed by atoms with van der Waals surface area (Å²) in [5.74, 6) is -3.52. The Kier molecular flexibility index (Phi) is 16.1. The Bertz CT molecular complexity index is 969. The molecule has 1 aromatic rings. The van der Waals surface area contributed by atoms with Crippen LogP contribution in [0.4, 0.5) is 13.2 Å². The second-order valence-electron chi connectivity index (χ2n) is 8.21. The van der Waals surface area contributed by atoms with Crippen LogP contribution < -0.4 is 4.74 Å². The van der Waals surface area contributed by atoms with Crippen LogP contribution in [0.15, 0.2) is 84.7 Å². The molecule has 7 heteroatoms. The lowest BCUT2D eigenvalue weighted by molar-refractivity contribution is -0.132. The summed E-state index contributed by atoms with van der Waals surface area (Å²) in [7, 11) is 0. The lowest BCUT2D eigenvalue weighted by Gasteiger charge is -2.13. The predicted octanol–water partition coefficient (Wildman–Crippen LogP) is 8.97. The van der Waals surface area contributed by atoms with Gasteiger partial charge in [0, 0.05) is 6.92 Å². The highest BCUT2D eigenvalue weighted by atomic mass is 19.4. The van der Waals surface area contributed by atoms with Crippen LogP contribution in [0.2, 0.25) is 0 Å². The van der Waals surface area contributed by atoms with E-state index in [-0.39, 0.29) is 17.7 Å². The number of carbonyl (C=O) groups excluding carboxylic acids is 2. The zero-order valence-corrected chi connectivity index (χ0v) is 21.6. The Hall–Kier alpha value is -3.35. The molecule has 1 rings (SSSR count). The second-order valence-corrected chi connectivity index (χ2v) is 8.21. The van der Waals surface area contributed by atoms with Crippen LogP contribution in [0.1, 0.15) is 82.0 Å². The maximum Gasteiger partial charge on any atom is 0.449 e. The molecule has 202 valence electrons. The van der Waals surface area contributed by atoms with E-state index >= 15 is 0 Å². The van der Waals surface area contributed by atoms with E-state index in [4.69, 9.17) is 4.74 Å². The van der Waals surface area contributed by atoms with Crippen molar-refractivity contribution < 1.29 is 32.2 Å². The van der Waals surface area contributed by atoms with Gasteiger partial charge >= 0.3 is 18.1 Å². The summed E-state index contributed by atoms with van der Waals surface area (Å²) in [4.78, 5) is 23.5. The molecule has 0 aliphatic carbocycles. The van der Waals surface area contributed by atoms with Crippen molar-refractivity contribution >= 4 is 11.9 Å². The molecule has 0 unspecified atom stereocenters. The van der Waals surface area contributed by atoms with Crippen molar-refractivity contribution in [3.8, 4) is 5.75 Å². The van der Waals surface area contributed by atoms with Gasteiger partial charge in [0.15, 0.2) is 0 Å². The van der Waals surface area contributed by atoms with Crippen molar-refractivity contribution in [2.75, 3.05) is 0 Å². The highest BCUT2D eigenvalue weighted by molar-refractivity contribution is 5.94. The maximum absolute atomic E-state index is 13.3. The first-order chi connectivity index (χ1) is 17.8. The third-order valence-corrected chi connectivity index (χ3v) is 4.96. The fourth-order valence-electron chi connectivity index (χ4n) is 3.12. The summed E-state index contributed by atoms with van der Waals surface area (Å²) in [6, 6.07) is 5.46. The van der Waals surface area contributed by atoms with Crippen LogP contribution in [0.5, 0.6) is 5.75 Å². The van der Waals surface area contributed by atoms with Crippen LogP contribution in [0.25, 0.3) is 0 Å². The molecule has 0 spiro atoms. The number of unbranched alkanes of at least 4 members (excludes halogenated alkanes) is 4. The van der Waals surface area contributed by atoms with Gasteiger partial charge < -0.3 is 9.47 Å². The van der Waals surface area contributed by atoms with E-state index in [0.717, 1.165) is 32.3 Å². The molecule has 0 bridgehead atoms. The minimum atomic E-state index is -4.84. The van der Waals surface area contributed by atoms with Gasteiger partial charge in [-0.2, -0.15) is 13.2 Å². The topological polar surface area (TPSA) is 52.6 Å². The summed E-state index contributed by atoms with van der Waals surface area (Å²) in [6.07, 6.45) is 20.1. The van der Waals surface area contributed by atoms with Gasteiger partial charge in [-0.05, 0) is 63.2 Å². The van der Waals surface area contributed by atoms with E-state index in [9.17, 15) is 22.8 Å². The second kappa shape index (κ2) is 18.9. The summed E-state index contributed by atoms with van der Waals surface area (Å²) in [6.45, 7) is 3.32. The predicted molar refractivity (Wildman–Crippen MR) is 141 cm³/mol. The summed E-state index contributed by atoms with van der Waals surface area (Å²) in [5, 5.41) is 0. The van der Waals surface area contributed by atoms with Gasteiger partial charge in [-0.25, -0.2) is 4.79 Å². The zero-order valence-electron chi connectivity index (χ0n) is 21.6. The molecule has 0 aliphatic rings. The average molecular weight is 519 g/mol. The number of carbonyl (C=O) groups is 2. The number of halogens is 3. The van der Waals surface area contributed by atoms with Crippen LogP contribution in [0, 0.1) is 0 Å². The molecule has 0 heterocycles. The quantitative estimate of drug-likeness (QED) is 0.0720. The number of benzene rings is 1. The number of ether oxygens (including phenoxy) is 2. The minimum Gasteiger partial charge on any atom is -0.426 e. The number of rotatable bonds is 16. The molecule has 0 saturated heterocycles. The molecule has 0 saturated carbocycles. The largest absolute Gasteiger partial charge is 0.449 e. The Morgan fingerprint density at radius 2 is 1.38 bits per heavy atom. The van der Waals surface area contributed by atoms with Crippen molar-refractivity contribution in [2.45, 2.75) is 77.8 Å². The molecule has 0 N–H and O–H groups in total. The van der Waals surface area contributed by atoms with Crippen molar-refractivity contribution in [2.24, 2.45) is 0 Å². The molecule has 0 radical (unpaired) electrons. The zero-order chi connectivity index (χ0) is 27.4. The van der Waals surface area contributed by atoms with Crippen LogP contribution >= 0.6 is 0 Å². The third kappa shape index (κ3) is 15.4. The first-order valence-electron chi connectivity index (χ1n) is 12.6. The number of esters is 2. The van der Waals surface area contributed by atoms with Gasteiger partial charge in [0.05, 0.1) is 0 Å². The Balaban J connectivity index is 2.44. The number of allylic oxidation sites excluding steroid dienone is 10. The summed E-state index contributed by atoms with van der Waals surface area (Å²) >= 11 is 0. The maximum atomic E-state index is 13.3. The van der Waals surface area contributed by atoms with E-state index in [2.05, 4.69) is 36.0 Å². The fourth-order valence-corrected chi connectivity index (χ4v) is 3.12. The molecule has 0 fully saturated rings. The third-order valence-electron chi connectivity index (χ3n) is 4.96. The SMILES string of the molecule is CCCCC/C=C\C/C=C\C/C=C\C/C=C\CC/C=C(/OC(=O)c1ccccc1OC(C)=O)C(F)(F)F. The number of para-hydroxylation sites is 1. The minimum absolute atomic E-state index is 0.0443. The van der Waals surface area contributed by atoms with Gasteiger partial charge in [0.2, 0.25) is 5.76 Å². The van der Waals surface area contributed by atoms with Crippen LogP contribution in [-0.2, 0) is 9.53 Å². The molecular formula is C30H37F3O4. The van der Waals surface area contributed by atoms with Gasteiger partial charge in [0.1, 0.15) is 11.3 Å². The fraction of sp³-hybridized carbons (Fsp3) is 0.400. The highest BCUT2D eigenvalue weighted by Crippen LogP contribution is 2.29. The van der Waals surface area contributed by atoms with Gasteiger partial charge in [-0.1, -0.05) is 80.5 Å². The molecule has 1 aromatic carbocycles. The lowest BCUT2D eigenvalue weighted by Crippen LogP contribution is -2.19. The highest BCUT2D eigenvalue weighted by Gasteiger charge is 2.37. The Morgan fingerprint density at radius 1 is 0.811 bits per heavy atom. The smallest absolute Gasteiger partial charge is 0.426 e. The van der Waals surface area contributed by atoms with Crippen LogP contribution in [0.3, 0.4) is 0 Å². The van der Waals surface area contributed by atoms with Crippen LogP contribution in [-0.4, -0.2) is 18.1 Å². The Morgan fingerprint density at radius 3 is 1.95 bits per heavy atom. The molecule has 0 aromatic heterocycles. The Labute approximate surface area is 218 Å². The van der Waals surface area contributed by atoms with Gasteiger partial charge in [0.25, 0.3) is 0 Å². The van der Waals surface area contributed by atoms with E-state index in [1.807, 2.05) is 18.2 Å². The number of alkyl halides is 3. The number of hydrogen-bond donors (Lipinski definition) is 0. The summed E-state index contributed by atoms with van der Waals surface area (Å²) < 4.78 is 49.5. The van der Waals surface area contributed by atoms with Crippen molar-refractivity contribution in [3.05, 3.63) is 90.3 Å². The lowest BCUT2D eigenvalue weighted by atomic mass is 10.2. The average Bonchev–Trinajstić information content (AvgIpc) is 2.84. The van der Waals surface area contributed by atoms with Gasteiger partial charge in [-0.15, -0.1) is 0 Å². The van der Waals surface area contributed by atoms with Crippen molar-refractivity contribution in [1.82, 2.24) is 0 Å². The standard InChI is InChI=1S/C30H37F3O4/c1-3-4-5-6-7-8-9-10-11-12-13-14-15-16-17-18-19-24-28(30(31,32)33)37-29(35)26-22-20-21-23-27(26)36-25(2)34/h7-8,10-11,13-14,16-17,20-24H,3-6,9,12,15,18-19H2,1-2H3/b8-7-,11-10-,14-13-,17-16-,28-24+. The van der Waals surface area contributed by atoms with E-state index in [0.29, 0.717) is 12.8 Å².